The van der Waals surface area contributed by atoms with Gasteiger partial charge in [0.05, 0.1) is 11.9 Å². The summed E-state index contributed by atoms with van der Waals surface area (Å²) in [4.78, 5) is 27.6. The third-order valence-corrected chi connectivity index (χ3v) is 5.55. The van der Waals surface area contributed by atoms with E-state index < -0.39 is 17.5 Å². The SMILES string of the molecule is [2H]C(C)(C)C([2H])([2H])c1ccc(CCOc2ccc(CC3SC(=O)NC3=O)cc2C)nc1C. The molecule has 2 amide bonds. The highest BCUT2D eigenvalue weighted by Crippen LogP contribution is 2.26. The fourth-order valence-electron chi connectivity index (χ4n) is 3.16. The lowest BCUT2D eigenvalue weighted by Gasteiger charge is -2.13. The molecule has 1 N–H and O–H groups in total. The van der Waals surface area contributed by atoms with E-state index in [-0.39, 0.29) is 11.1 Å². The van der Waals surface area contributed by atoms with Crippen molar-refractivity contribution >= 4 is 22.9 Å². The number of rotatable bonds is 8. The molecule has 2 aromatic rings. The van der Waals surface area contributed by atoms with E-state index in [1.165, 1.54) is 0 Å². The first-order valence-electron chi connectivity index (χ1n) is 11.1. The Morgan fingerprint density at radius 1 is 1.28 bits per heavy atom. The summed E-state index contributed by atoms with van der Waals surface area (Å²) in [5.74, 6) is -0.774. The van der Waals surface area contributed by atoms with Gasteiger partial charge in [0.2, 0.25) is 5.91 Å². The minimum absolute atomic E-state index is 0.244. The van der Waals surface area contributed by atoms with Crippen LogP contribution in [0.15, 0.2) is 30.3 Å². The van der Waals surface area contributed by atoms with E-state index >= 15 is 0 Å². The van der Waals surface area contributed by atoms with Gasteiger partial charge in [-0.2, -0.15) is 0 Å². The number of carbonyl (C=O) groups is 2. The highest BCUT2D eigenvalue weighted by atomic mass is 32.2. The molecule has 0 spiro atoms. The molecule has 0 saturated carbocycles. The quantitative estimate of drug-likeness (QED) is 0.691. The monoisotopic (exact) mass is 415 g/mol. The lowest BCUT2D eigenvalue weighted by Crippen LogP contribution is -2.25. The van der Waals surface area contributed by atoms with Crippen molar-refractivity contribution in [2.75, 3.05) is 6.61 Å². The number of nitrogens with zero attached hydrogens (tertiary/aromatic N) is 1. The number of hydrogen-bond acceptors (Lipinski definition) is 5. The molecule has 0 bridgehead atoms. The minimum atomic E-state index is -1.80. The minimum Gasteiger partial charge on any atom is -0.493 e. The van der Waals surface area contributed by atoms with E-state index in [9.17, 15) is 9.59 Å². The molecule has 1 aliphatic rings. The van der Waals surface area contributed by atoms with E-state index in [1.54, 1.807) is 32.9 Å². The van der Waals surface area contributed by atoms with E-state index in [1.807, 2.05) is 25.1 Å². The summed E-state index contributed by atoms with van der Waals surface area (Å²) in [6, 6.07) is 9.25. The molecule has 1 atom stereocenters. The molecule has 2 heterocycles. The van der Waals surface area contributed by atoms with Crippen molar-refractivity contribution < 1.29 is 18.4 Å². The number of hydrogen-bond donors (Lipinski definition) is 1. The number of pyridine rings is 1. The van der Waals surface area contributed by atoms with Crippen LogP contribution >= 0.6 is 11.8 Å². The zero-order chi connectivity index (χ0) is 23.7. The summed E-state index contributed by atoms with van der Waals surface area (Å²) in [6.45, 7) is 7.24. The molecule has 3 rings (SSSR count). The maximum atomic E-state index is 11.8. The average molecular weight is 416 g/mol. The Morgan fingerprint density at radius 2 is 2.07 bits per heavy atom. The maximum absolute atomic E-state index is 11.8. The number of aromatic nitrogens is 1. The van der Waals surface area contributed by atoms with Gasteiger partial charge in [-0.05, 0) is 61.4 Å². The van der Waals surface area contributed by atoms with Crippen LogP contribution in [0.25, 0.3) is 0 Å². The Kier molecular flexibility index (Phi) is 5.70. The molecule has 1 fully saturated rings. The summed E-state index contributed by atoms with van der Waals surface area (Å²) in [7, 11) is 0. The molecular weight excluding hydrogens is 384 g/mol. The number of benzene rings is 1. The normalized spacial score (nSPS) is 18.8. The molecule has 1 aliphatic heterocycles. The Balaban J connectivity index is 1.59. The van der Waals surface area contributed by atoms with Gasteiger partial charge in [-0.3, -0.25) is 19.9 Å². The van der Waals surface area contributed by atoms with Gasteiger partial charge >= 0.3 is 0 Å². The summed E-state index contributed by atoms with van der Waals surface area (Å²) in [6.07, 6.45) is -0.749. The Morgan fingerprint density at radius 3 is 2.69 bits per heavy atom. The number of carbonyl (C=O) groups excluding carboxylic acids is 2. The molecule has 1 saturated heterocycles. The summed E-state index contributed by atoms with van der Waals surface area (Å²) in [5, 5.41) is 1.61. The molecule has 1 aromatic heterocycles. The topological polar surface area (TPSA) is 68.3 Å². The fourth-order valence-corrected chi connectivity index (χ4v) is 4.02. The molecule has 154 valence electrons. The average Bonchev–Trinajstić information content (AvgIpc) is 2.99. The standard InChI is InChI=1S/C23H28N2O3S/c1-14(2)11-18-6-7-19(24-16(18)4)9-10-28-20-8-5-17(12-15(20)3)13-21-22(26)25-23(27)29-21/h5-8,12,14,21H,9-11,13H2,1-4H3,(H,25,26,27)/i11D2,14D. The molecule has 1 unspecified atom stereocenters. The number of ether oxygens (including phenoxy) is 1. The summed E-state index contributed by atoms with van der Waals surface area (Å²) in [5.41, 5.74) is 3.73. The van der Waals surface area contributed by atoms with Crippen molar-refractivity contribution in [1.29, 1.82) is 0 Å². The summed E-state index contributed by atoms with van der Waals surface area (Å²) < 4.78 is 30.6. The van der Waals surface area contributed by atoms with Crippen LogP contribution in [0, 0.1) is 19.7 Å². The molecule has 0 aliphatic carbocycles. The van der Waals surface area contributed by atoms with Gasteiger partial charge in [0.1, 0.15) is 5.75 Å². The number of thioether (sulfide) groups is 1. The Bertz CT molecular complexity index is 1040. The Labute approximate surface area is 180 Å². The van der Waals surface area contributed by atoms with Gasteiger partial charge in [0.25, 0.3) is 5.24 Å². The van der Waals surface area contributed by atoms with Crippen LogP contribution in [-0.2, 0) is 24.0 Å². The lowest BCUT2D eigenvalue weighted by atomic mass is 10.0. The number of nitrogens with one attached hydrogen (secondary N) is 1. The second-order valence-electron chi connectivity index (χ2n) is 7.35. The third kappa shape index (κ3) is 5.82. The van der Waals surface area contributed by atoms with Crippen LogP contribution in [0.3, 0.4) is 0 Å². The second kappa shape index (κ2) is 9.44. The Hall–Kier alpha value is -2.34. The third-order valence-electron chi connectivity index (χ3n) is 4.57. The number of aryl methyl sites for hydroxylation is 2. The predicted molar refractivity (Wildman–Crippen MR) is 117 cm³/mol. The highest BCUT2D eigenvalue weighted by Gasteiger charge is 2.31. The van der Waals surface area contributed by atoms with Crippen LogP contribution in [0.2, 0.25) is 0 Å². The van der Waals surface area contributed by atoms with Gasteiger partial charge in [-0.15, -0.1) is 0 Å². The first-order chi connectivity index (χ1) is 14.9. The molecular formula is C23H28N2O3S. The molecule has 5 nitrogen and oxygen atoms in total. The molecule has 1 aromatic carbocycles. The van der Waals surface area contributed by atoms with Crippen molar-refractivity contribution in [3.05, 3.63) is 58.4 Å². The van der Waals surface area contributed by atoms with Crippen LogP contribution in [0.5, 0.6) is 5.75 Å². The van der Waals surface area contributed by atoms with Crippen LogP contribution < -0.4 is 10.1 Å². The second-order valence-corrected chi connectivity index (χ2v) is 8.52. The lowest BCUT2D eigenvalue weighted by molar-refractivity contribution is -0.118. The van der Waals surface area contributed by atoms with Crippen molar-refractivity contribution in [1.82, 2.24) is 10.3 Å². The van der Waals surface area contributed by atoms with E-state index in [2.05, 4.69) is 10.3 Å². The largest absolute Gasteiger partial charge is 0.493 e. The molecule has 6 heteroatoms. The van der Waals surface area contributed by atoms with Crippen molar-refractivity contribution in [3.63, 3.8) is 0 Å². The van der Waals surface area contributed by atoms with Gasteiger partial charge in [-0.25, -0.2) is 0 Å². The zero-order valence-corrected chi connectivity index (χ0v) is 18.0. The van der Waals surface area contributed by atoms with E-state index in [4.69, 9.17) is 8.85 Å². The first kappa shape index (κ1) is 17.5. The van der Waals surface area contributed by atoms with Crippen molar-refractivity contribution in [3.8, 4) is 5.75 Å². The zero-order valence-electron chi connectivity index (χ0n) is 20.2. The molecule has 0 radical (unpaired) electrons. The van der Waals surface area contributed by atoms with Crippen LogP contribution in [-0.4, -0.2) is 28.0 Å². The van der Waals surface area contributed by atoms with Gasteiger partial charge in [0, 0.05) is 21.9 Å². The smallest absolute Gasteiger partial charge is 0.286 e. The maximum Gasteiger partial charge on any atom is 0.286 e. The number of amides is 2. The van der Waals surface area contributed by atoms with Crippen LogP contribution in [0.1, 0.15) is 46.0 Å². The first-order valence-corrected chi connectivity index (χ1v) is 10.5. The highest BCUT2D eigenvalue weighted by molar-refractivity contribution is 8.15. The molecule has 29 heavy (non-hydrogen) atoms. The summed E-state index contributed by atoms with van der Waals surface area (Å²) >= 11 is 1.02. The van der Waals surface area contributed by atoms with E-state index in [0.717, 1.165) is 34.3 Å². The van der Waals surface area contributed by atoms with E-state index in [0.29, 0.717) is 30.7 Å². The number of imide groups is 1. The van der Waals surface area contributed by atoms with Gasteiger partial charge in [-0.1, -0.05) is 43.8 Å². The van der Waals surface area contributed by atoms with Crippen molar-refractivity contribution in [2.45, 2.75) is 52.2 Å². The van der Waals surface area contributed by atoms with Crippen molar-refractivity contribution in [2.24, 2.45) is 5.89 Å². The fraction of sp³-hybridized carbons (Fsp3) is 0.435. The van der Waals surface area contributed by atoms with Gasteiger partial charge < -0.3 is 4.74 Å². The predicted octanol–water partition coefficient (Wildman–Crippen LogP) is 4.41. The van der Waals surface area contributed by atoms with Gasteiger partial charge in [0.15, 0.2) is 0 Å². The van der Waals surface area contributed by atoms with Crippen LogP contribution in [0.4, 0.5) is 4.79 Å².